The fourth-order valence-corrected chi connectivity index (χ4v) is 2.43. The zero-order valence-corrected chi connectivity index (χ0v) is 12.6. The van der Waals surface area contributed by atoms with Crippen molar-refractivity contribution in [1.82, 2.24) is 10.6 Å². The number of hydrogen-bond acceptors (Lipinski definition) is 3. The first-order valence-corrected chi connectivity index (χ1v) is 7.45. The van der Waals surface area contributed by atoms with Gasteiger partial charge in [0.05, 0.1) is 0 Å². The topological polar surface area (TPSA) is 87.3 Å². The number of carbonyl (C=O) groups is 3. The molecular weight excluding hydrogens is 282 g/mol. The summed E-state index contributed by atoms with van der Waals surface area (Å²) in [7, 11) is 0. The van der Waals surface area contributed by atoms with Gasteiger partial charge in [0.1, 0.15) is 0 Å². The van der Waals surface area contributed by atoms with E-state index in [4.69, 9.17) is 0 Å². The minimum Gasteiger partial charge on any atom is -0.356 e. The molecule has 118 valence electrons. The van der Waals surface area contributed by atoms with E-state index in [1.165, 1.54) is 6.92 Å². The van der Waals surface area contributed by atoms with E-state index in [-0.39, 0.29) is 23.8 Å². The van der Waals surface area contributed by atoms with E-state index in [9.17, 15) is 14.4 Å². The number of anilines is 1. The van der Waals surface area contributed by atoms with E-state index in [0.717, 1.165) is 24.1 Å². The minimum absolute atomic E-state index is 0.0237. The molecule has 6 nitrogen and oxygen atoms in total. The fourth-order valence-electron chi connectivity index (χ4n) is 2.43. The highest BCUT2D eigenvalue weighted by Gasteiger charge is 2.22. The van der Waals surface area contributed by atoms with Crippen molar-refractivity contribution in [2.75, 3.05) is 11.9 Å². The predicted octanol–water partition coefficient (Wildman–Crippen LogP) is 0.972. The first-order valence-electron chi connectivity index (χ1n) is 7.45. The third kappa shape index (κ3) is 5.20. The van der Waals surface area contributed by atoms with Crippen LogP contribution in [0.25, 0.3) is 0 Å². The van der Waals surface area contributed by atoms with Gasteiger partial charge in [0.2, 0.25) is 17.7 Å². The van der Waals surface area contributed by atoms with E-state index in [1.54, 1.807) is 0 Å². The number of rotatable bonds is 6. The van der Waals surface area contributed by atoms with E-state index in [0.29, 0.717) is 19.4 Å². The van der Waals surface area contributed by atoms with E-state index in [1.807, 2.05) is 24.3 Å². The van der Waals surface area contributed by atoms with Crippen LogP contribution >= 0.6 is 0 Å². The molecule has 1 atom stereocenters. The van der Waals surface area contributed by atoms with Crippen LogP contribution in [0.4, 0.5) is 5.69 Å². The van der Waals surface area contributed by atoms with Gasteiger partial charge in [-0.05, 0) is 30.5 Å². The molecule has 1 fully saturated rings. The van der Waals surface area contributed by atoms with Gasteiger partial charge in [-0.2, -0.15) is 0 Å². The van der Waals surface area contributed by atoms with Gasteiger partial charge in [-0.15, -0.1) is 0 Å². The van der Waals surface area contributed by atoms with Crippen LogP contribution in [0.2, 0.25) is 0 Å². The number of nitrogens with one attached hydrogen (secondary N) is 3. The molecule has 0 aliphatic carbocycles. The third-order valence-corrected chi connectivity index (χ3v) is 3.53. The lowest BCUT2D eigenvalue weighted by Gasteiger charge is -2.10. The monoisotopic (exact) mass is 303 g/mol. The highest BCUT2D eigenvalue weighted by Crippen LogP contribution is 2.11. The number of benzene rings is 1. The third-order valence-electron chi connectivity index (χ3n) is 3.53. The zero-order chi connectivity index (χ0) is 15.9. The van der Waals surface area contributed by atoms with Crippen LogP contribution in [-0.4, -0.2) is 30.3 Å². The van der Waals surface area contributed by atoms with Crippen molar-refractivity contribution in [3.05, 3.63) is 29.8 Å². The van der Waals surface area contributed by atoms with Crippen LogP contribution in [0.5, 0.6) is 0 Å². The van der Waals surface area contributed by atoms with E-state index < -0.39 is 0 Å². The summed E-state index contributed by atoms with van der Waals surface area (Å²) >= 11 is 0. The Kier molecular flexibility index (Phi) is 5.52. The van der Waals surface area contributed by atoms with E-state index >= 15 is 0 Å². The highest BCUT2D eigenvalue weighted by atomic mass is 16.2. The summed E-state index contributed by atoms with van der Waals surface area (Å²) in [5.74, 6) is -0.113. The van der Waals surface area contributed by atoms with Gasteiger partial charge in [-0.1, -0.05) is 12.1 Å². The molecule has 0 saturated carbocycles. The first-order chi connectivity index (χ1) is 10.5. The molecule has 1 heterocycles. The van der Waals surface area contributed by atoms with Crippen LogP contribution in [-0.2, 0) is 20.8 Å². The molecule has 1 aliphatic heterocycles. The van der Waals surface area contributed by atoms with Crippen molar-refractivity contribution >= 4 is 23.4 Å². The zero-order valence-electron chi connectivity index (χ0n) is 12.6. The number of carbonyl (C=O) groups excluding carboxylic acids is 3. The molecular formula is C16H21N3O3. The molecule has 1 unspecified atom stereocenters. The Labute approximate surface area is 129 Å². The molecule has 6 heteroatoms. The van der Waals surface area contributed by atoms with Crippen molar-refractivity contribution in [3.63, 3.8) is 0 Å². The summed E-state index contributed by atoms with van der Waals surface area (Å²) in [6, 6.07) is 7.51. The highest BCUT2D eigenvalue weighted by molar-refractivity contribution is 5.88. The Hall–Kier alpha value is -2.37. The lowest BCUT2D eigenvalue weighted by Crippen LogP contribution is -2.34. The van der Waals surface area contributed by atoms with Gasteiger partial charge >= 0.3 is 0 Å². The summed E-state index contributed by atoms with van der Waals surface area (Å²) in [6.07, 6.45) is 2.31. The molecule has 3 amide bonds. The summed E-state index contributed by atoms with van der Waals surface area (Å²) in [6.45, 7) is 2.02. The second-order valence-electron chi connectivity index (χ2n) is 5.49. The smallest absolute Gasteiger partial charge is 0.222 e. The van der Waals surface area contributed by atoms with E-state index in [2.05, 4.69) is 16.0 Å². The Morgan fingerprint density at radius 3 is 2.59 bits per heavy atom. The summed E-state index contributed by atoms with van der Waals surface area (Å²) in [4.78, 5) is 33.7. The molecule has 0 bridgehead atoms. The average molecular weight is 303 g/mol. The summed E-state index contributed by atoms with van der Waals surface area (Å²) in [5, 5.41) is 8.35. The Balaban J connectivity index is 1.68. The molecule has 0 radical (unpaired) electrons. The summed E-state index contributed by atoms with van der Waals surface area (Å²) < 4.78 is 0. The maximum Gasteiger partial charge on any atom is 0.222 e. The van der Waals surface area contributed by atoms with Gasteiger partial charge in [0.15, 0.2) is 0 Å². The summed E-state index contributed by atoms with van der Waals surface area (Å²) in [5.41, 5.74) is 1.85. The molecule has 3 N–H and O–H groups in total. The van der Waals surface area contributed by atoms with Gasteiger partial charge in [-0.3, -0.25) is 14.4 Å². The first kappa shape index (κ1) is 16.0. The second kappa shape index (κ2) is 7.59. The molecule has 1 aromatic carbocycles. The van der Waals surface area contributed by atoms with Gasteiger partial charge in [0.25, 0.3) is 0 Å². The molecule has 1 aliphatic rings. The Morgan fingerprint density at radius 1 is 1.27 bits per heavy atom. The maximum atomic E-state index is 11.8. The van der Waals surface area contributed by atoms with Crippen molar-refractivity contribution in [2.24, 2.45) is 0 Å². The van der Waals surface area contributed by atoms with Crippen LogP contribution in [0.15, 0.2) is 24.3 Å². The lowest BCUT2D eigenvalue weighted by atomic mass is 10.1. The van der Waals surface area contributed by atoms with Gasteiger partial charge in [-0.25, -0.2) is 0 Å². The predicted molar refractivity (Wildman–Crippen MR) is 83.2 cm³/mol. The number of amides is 3. The number of hydrogen-bond donors (Lipinski definition) is 3. The second-order valence-corrected chi connectivity index (χ2v) is 5.49. The van der Waals surface area contributed by atoms with Crippen LogP contribution in [0.1, 0.15) is 31.7 Å². The Bertz CT molecular complexity index is 554. The van der Waals surface area contributed by atoms with Crippen LogP contribution in [0, 0.1) is 0 Å². The van der Waals surface area contributed by atoms with Crippen LogP contribution in [0.3, 0.4) is 0 Å². The molecule has 1 saturated heterocycles. The van der Waals surface area contributed by atoms with Crippen LogP contribution < -0.4 is 16.0 Å². The quantitative estimate of drug-likeness (QED) is 0.732. The standard InChI is InChI=1S/C16H21N3O3/c1-11(20)18-13-4-2-12(3-5-13)8-9-17-16(22)10-14-6-7-15(21)19-14/h2-5,14H,6-10H2,1H3,(H,17,22)(H,18,20)(H,19,21). The van der Waals surface area contributed by atoms with Crippen molar-refractivity contribution in [1.29, 1.82) is 0 Å². The van der Waals surface area contributed by atoms with Crippen molar-refractivity contribution in [2.45, 2.75) is 38.6 Å². The molecule has 0 aromatic heterocycles. The minimum atomic E-state index is -0.0981. The van der Waals surface area contributed by atoms with Crippen molar-refractivity contribution < 1.29 is 14.4 Å². The molecule has 22 heavy (non-hydrogen) atoms. The van der Waals surface area contributed by atoms with Gasteiger partial charge in [0, 0.05) is 38.0 Å². The average Bonchev–Trinajstić information content (AvgIpc) is 2.85. The normalized spacial score (nSPS) is 17.0. The fraction of sp³-hybridized carbons (Fsp3) is 0.438. The maximum absolute atomic E-state index is 11.8. The Morgan fingerprint density at radius 2 is 2.00 bits per heavy atom. The SMILES string of the molecule is CC(=O)Nc1ccc(CCNC(=O)CC2CCC(=O)N2)cc1. The molecule has 1 aromatic rings. The largest absolute Gasteiger partial charge is 0.356 e. The lowest BCUT2D eigenvalue weighted by molar-refractivity contribution is -0.121. The van der Waals surface area contributed by atoms with Gasteiger partial charge < -0.3 is 16.0 Å². The molecule has 0 spiro atoms. The molecule has 2 rings (SSSR count). The van der Waals surface area contributed by atoms with Crippen molar-refractivity contribution in [3.8, 4) is 0 Å².